The van der Waals surface area contributed by atoms with Crippen molar-refractivity contribution >= 4 is 51.6 Å². The number of thiazole rings is 1. The first-order valence-electron chi connectivity index (χ1n) is 8.12. The standard InChI is InChI=1S/C18H16ClN3O2S2/c19-13-1-2-16(22-4-6-24-7-5-22)14(9-13)20-17(23)15-11-26-18(21-15)12-3-8-25-10-12/h1-3,8-11H,4-7H2,(H,20,23). The maximum Gasteiger partial charge on any atom is 0.275 e. The lowest BCUT2D eigenvalue weighted by molar-refractivity contribution is 0.102. The highest BCUT2D eigenvalue weighted by molar-refractivity contribution is 7.14. The first kappa shape index (κ1) is 17.5. The molecule has 0 spiro atoms. The molecule has 0 saturated carbocycles. The second-order valence-corrected chi connectivity index (χ2v) is 7.84. The molecule has 0 radical (unpaired) electrons. The molecule has 1 saturated heterocycles. The minimum atomic E-state index is -0.237. The molecule has 2 aromatic heterocycles. The Labute approximate surface area is 164 Å². The van der Waals surface area contributed by atoms with Crippen LogP contribution >= 0.6 is 34.3 Å². The summed E-state index contributed by atoms with van der Waals surface area (Å²) >= 11 is 9.22. The lowest BCUT2D eigenvalue weighted by atomic mass is 10.2. The van der Waals surface area contributed by atoms with Crippen molar-refractivity contribution in [2.45, 2.75) is 0 Å². The summed E-state index contributed by atoms with van der Waals surface area (Å²) in [6.07, 6.45) is 0. The van der Waals surface area contributed by atoms with Crippen molar-refractivity contribution in [3.8, 4) is 10.6 Å². The van der Waals surface area contributed by atoms with Crippen molar-refractivity contribution < 1.29 is 9.53 Å². The number of nitrogens with one attached hydrogen (secondary N) is 1. The topological polar surface area (TPSA) is 54.5 Å². The zero-order valence-corrected chi connectivity index (χ0v) is 16.2. The highest BCUT2D eigenvalue weighted by Crippen LogP contribution is 2.31. The summed E-state index contributed by atoms with van der Waals surface area (Å²) in [5, 5.41) is 10.2. The average Bonchev–Trinajstić information content (AvgIpc) is 3.34. The van der Waals surface area contributed by atoms with Crippen molar-refractivity contribution in [2.75, 3.05) is 36.5 Å². The number of amides is 1. The molecule has 0 unspecified atom stereocenters. The largest absolute Gasteiger partial charge is 0.378 e. The van der Waals surface area contributed by atoms with E-state index in [9.17, 15) is 4.79 Å². The fraction of sp³-hybridized carbons (Fsp3) is 0.222. The molecule has 0 atom stereocenters. The molecule has 1 aliphatic rings. The predicted molar refractivity (Wildman–Crippen MR) is 108 cm³/mol. The fourth-order valence-corrected chi connectivity index (χ4v) is 4.46. The van der Waals surface area contributed by atoms with Crippen LogP contribution in [-0.2, 0) is 4.74 Å². The number of halogens is 1. The molecule has 0 bridgehead atoms. The smallest absolute Gasteiger partial charge is 0.275 e. The van der Waals surface area contributed by atoms with Crippen LogP contribution in [0.5, 0.6) is 0 Å². The molecule has 1 N–H and O–H groups in total. The van der Waals surface area contributed by atoms with E-state index in [2.05, 4.69) is 15.2 Å². The third kappa shape index (κ3) is 3.76. The maximum absolute atomic E-state index is 12.7. The van der Waals surface area contributed by atoms with E-state index in [4.69, 9.17) is 16.3 Å². The van der Waals surface area contributed by atoms with Crippen molar-refractivity contribution in [2.24, 2.45) is 0 Å². The number of nitrogens with zero attached hydrogens (tertiary/aromatic N) is 2. The van der Waals surface area contributed by atoms with Crippen LogP contribution in [0.3, 0.4) is 0 Å². The van der Waals surface area contributed by atoms with Crippen LogP contribution in [0, 0.1) is 0 Å². The van der Waals surface area contributed by atoms with E-state index in [1.165, 1.54) is 11.3 Å². The van der Waals surface area contributed by atoms with Gasteiger partial charge in [-0.3, -0.25) is 4.79 Å². The number of morpholine rings is 1. The Morgan fingerprint density at radius 2 is 2.08 bits per heavy atom. The van der Waals surface area contributed by atoms with E-state index in [-0.39, 0.29) is 5.91 Å². The Bertz CT molecular complexity index is 905. The van der Waals surface area contributed by atoms with Gasteiger partial charge in [-0.1, -0.05) is 11.6 Å². The van der Waals surface area contributed by atoms with Gasteiger partial charge in [0.1, 0.15) is 10.7 Å². The van der Waals surface area contributed by atoms with Crippen molar-refractivity contribution in [1.29, 1.82) is 0 Å². The van der Waals surface area contributed by atoms with Gasteiger partial charge in [-0.2, -0.15) is 11.3 Å². The molecule has 1 fully saturated rings. The van der Waals surface area contributed by atoms with Crippen LogP contribution in [0.15, 0.2) is 40.4 Å². The second kappa shape index (κ2) is 7.75. The number of aromatic nitrogens is 1. The number of ether oxygens (including phenoxy) is 1. The van der Waals surface area contributed by atoms with Crippen molar-refractivity contribution in [3.05, 3.63) is 51.1 Å². The van der Waals surface area contributed by atoms with E-state index in [0.717, 1.165) is 29.3 Å². The van der Waals surface area contributed by atoms with E-state index >= 15 is 0 Å². The lowest BCUT2D eigenvalue weighted by Crippen LogP contribution is -2.36. The van der Waals surface area contributed by atoms with Gasteiger partial charge in [-0.05, 0) is 29.6 Å². The Balaban J connectivity index is 1.56. The Kier molecular flexibility index (Phi) is 5.21. The van der Waals surface area contributed by atoms with Gasteiger partial charge >= 0.3 is 0 Å². The highest BCUT2D eigenvalue weighted by atomic mass is 35.5. The highest BCUT2D eigenvalue weighted by Gasteiger charge is 2.18. The summed E-state index contributed by atoms with van der Waals surface area (Å²) in [7, 11) is 0. The minimum absolute atomic E-state index is 0.237. The number of hydrogen-bond donors (Lipinski definition) is 1. The van der Waals surface area contributed by atoms with E-state index in [1.807, 2.05) is 29.0 Å². The molecule has 3 heterocycles. The number of carbonyl (C=O) groups excluding carboxylic acids is 1. The summed E-state index contributed by atoms with van der Waals surface area (Å²) in [5.41, 5.74) is 3.08. The fourth-order valence-electron chi connectivity index (χ4n) is 2.77. The number of rotatable bonds is 4. The first-order valence-corrected chi connectivity index (χ1v) is 10.3. The minimum Gasteiger partial charge on any atom is -0.378 e. The van der Waals surface area contributed by atoms with E-state index < -0.39 is 0 Å². The van der Waals surface area contributed by atoms with Crippen LogP contribution < -0.4 is 10.2 Å². The zero-order chi connectivity index (χ0) is 17.9. The number of carbonyl (C=O) groups is 1. The normalized spacial score (nSPS) is 14.4. The molecule has 4 rings (SSSR count). The molecule has 1 aliphatic heterocycles. The molecule has 26 heavy (non-hydrogen) atoms. The van der Waals surface area contributed by atoms with Crippen molar-refractivity contribution in [3.63, 3.8) is 0 Å². The van der Waals surface area contributed by atoms with E-state index in [1.54, 1.807) is 22.8 Å². The molecule has 1 amide bonds. The average molecular weight is 406 g/mol. The zero-order valence-electron chi connectivity index (χ0n) is 13.8. The maximum atomic E-state index is 12.7. The summed E-state index contributed by atoms with van der Waals surface area (Å²) in [6, 6.07) is 7.54. The molecule has 134 valence electrons. The van der Waals surface area contributed by atoms with Gasteiger partial charge in [-0.25, -0.2) is 4.98 Å². The lowest BCUT2D eigenvalue weighted by Gasteiger charge is -2.30. The van der Waals surface area contributed by atoms with Gasteiger partial charge in [-0.15, -0.1) is 11.3 Å². The molecule has 1 aromatic carbocycles. The van der Waals surface area contributed by atoms with Crippen LogP contribution in [0.4, 0.5) is 11.4 Å². The summed E-state index contributed by atoms with van der Waals surface area (Å²) in [4.78, 5) is 19.3. The van der Waals surface area contributed by atoms with Crippen LogP contribution in [0.2, 0.25) is 5.02 Å². The third-order valence-electron chi connectivity index (χ3n) is 4.06. The number of hydrogen-bond acceptors (Lipinski definition) is 6. The Hall–Kier alpha value is -1.93. The monoisotopic (exact) mass is 405 g/mol. The van der Waals surface area contributed by atoms with Gasteiger partial charge in [0.2, 0.25) is 0 Å². The second-order valence-electron chi connectivity index (χ2n) is 5.76. The van der Waals surface area contributed by atoms with Gasteiger partial charge in [0.25, 0.3) is 5.91 Å². The third-order valence-corrected chi connectivity index (χ3v) is 5.87. The number of benzene rings is 1. The molecule has 3 aromatic rings. The van der Waals surface area contributed by atoms with Gasteiger partial charge in [0.15, 0.2) is 0 Å². The first-order chi connectivity index (χ1) is 12.7. The molecule has 8 heteroatoms. The Morgan fingerprint density at radius 1 is 1.23 bits per heavy atom. The summed E-state index contributed by atoms with van der Waals surface area (Å²) < 4.78 is 5.41. The summed E-state index contributed by atoms with van der Waals surface area (Å²) in [5.74, 6) is -0.237. The molecular weight excluding hydrogens is 390 g/mol. The SMILES string of the molecule is O=C(Nc1cc(Cl)ccc1N1CCOCC1)c1csc(-c2ccsc2)n1. The Morgan fingerprint density at radius 3 is 2.85 bits per heavy atom. The molecular formula is C18H16ClN3O2S2. The number of thiophene rings is 1. The quantitative estimate of drug-likeness (QED) is 0.688. The van der Waals surface area contributed by atoms with Crippen molar-refractivity contribution in [1.82, 2.24) is 4.98 Å². The van der Waals surface area contributed by atoms with E-state index in [0.29, 0.717) is 29.6 Å². The van der Waals surface area contributed by atoms with Gasteiger partial charge in [0, 0.05) is 34.4 Å². The molecule has 0 aliphatic carbocycles. The molecule has 5 nitrogen and oxygen atoms in total. The van der Waals surface area contributed by atoms with Crippen LogP contribution in [0.25, 0.3) is 10.6 Å². The van der Waals surface area contributed by atoms with Crippen LogP contribution in [-0.4, -0.2) is 37.2 Å². The van der Waals surface area contributed by atoms with Gasteiger partial charge < -0.3 is 15.0 Å². The summed E-state index contributed by atoms with van der Waals surface area (Å²) in [6.45, 7) is 2.91. The number of anilines is 2. The predicted octanol–water partition coefficient (Wildman–Crippen LogP) is 4.61. The van der Waals surface area contributed by atoms with Gasteiger partial charge in [0.05, 0.1) is 24.6 Å². The van der Waals surface area contributed by atoms with Crippen LogP contribution in [0.1, 0.15) is 10.5 Å².